The summed E-state index contributed by atoms with van der Waals surface area (Å²) < 4.78 is 11.2. The molecule has 1 heterocycles. The molecule has 1 fully saturated rings. The fourth-order valence-electron chi connectivity index (χ4n) is 2.56. The van der Waals surface area contributed by atoms with Crippen molar-refractivity contribution in [2.75, 3.05) is 6.61 Å². The molecule has 0 bridgehead atoms. The van der Waals surface area contributed by atoms with Gasteiger partial charge in [-0.1, -0.05) is 6.92 Å². The quantitative estimate of drug-likeness (QED) is 0.491. The molecule has 0 amide bonds. The van der Waals surface area contributed by atoms with Gasteiger partial charge >= 0.3 is 0 Å². The SMILES string of the molecule is CC[C@](O)(CC(C)O[C@H]1C[C@@H](N)[C@H](O)C(C)O1)C(=O)CO. The number of hydrogen-bond acceptors (Lipinski definition) is 7. The Morgan fingerprint density at radius 3 is 2.67 bits per heavy atom. The largest absolute Gasteiger partial charge is 0.389 e. The van der Waals surface area contributed by atoms with E-state index in [1.807, 2.05) is 0 Å². The van der Waals surface area contributed by atoms with Gasteiger partial charge in [0, 0.05) is 18.9 Å². The first-order chi connectivity index (χ1) is 9.73. The summed E-state index contributed by atoms with van der Waals surface area (Å²) in [5.74, 6) is -0.620. The van der Waals surface area contributed by atoms with Gasteiger partial charge in [-0.3, -0.25) is 4.79 Å². The Kier molecular flexibility index (Phi) is 6.71. The zero-order valence-electron chi connectivity index (χ0n) is 12.9. The predicted octanol–water partition coefficient (Wildman–Crippen LogP) is -0.693. The van der Waals surface area contributed by atoms with Gasteiger partial charge in [0.05, 0.1) is 18.3 Å². The van der Waals surface area contributed by atoms with E-state index in [0.29, 0.717) is 6.42 Å². The van der Waals surface area contributed by atoms with Gasteiger partial charge in [-0.2, -0.15) is 0 Å². The zero-order chi connectivity index (χ0) is 16.2. The first-order valence-corrected chi connectivity index (χ1v) is 7.34. The fraction of sp³-hybridized carbons (Fsp3) is 0.929. The second kappa shape index (κ2) is 7.62. The average Bonchev–Trinajstić information content (AvgIpc) is 2.43. The van der Waals surface area contributed by atoms with Crippen LogP contribution in [-0.4, -0.2) is 64.0 Å². The Hall–Kier alpha value is -0.570. The topological polar surface area (TPSA) is 122 Å². The summed E-state index contributed by atoms with van der Waals surface area (Å²) in [5.41, 5.74) is 4.21. The summed E-state index contributed by atoms with van der Waals surface area (Å²) >= 11 is 0. The van der Waals surface area contributed by atoms with Crippen LogP contribution in [0.25, 0.3) is 0 Å². The molecule has 1 saturated heterocycles. The number of hydrogen-bond donors (Lipinski definition) is 4. The van der Waals surface area contributed by atoms with Gasteiger partial charge < -0.3 is 30.5 Å². The molecule has 0 radical (unpaired) electrons. The second-order valence-corrected chi connectivity index (χ2v) is 5.78. The van der Waals surface area contributed by atoms with Crippen LogP contribution < -0.4 is 5.73 Å². The van der Waals surface area contributed by atoms with E-state index >= 15 is 0 Å². The average molecular weight is 305 g/mol. The minimum absolute atomic E-state index is 0.0644. The third kappa shape index (κ3) is 4.70. The van der Waals surface area contributed by atoms with Gasteiger partial charge in [-0.25, -0.2) is 0 Å². The van der Waals surface area contributed by atoms with E-state index in [1.54, 1.807) is 20.8 Å². The molecule has 7 heteroatoms. The van der Waals surface area contributed by atoms with Crippen molar-refractivity contribution < 1.29 is 29.6 Å². The Morgan fingerprint density at radius 1 is 1.57 bits per heavy atom. The Bertz CT molecular complexity index is 340. The number of carbonyl (C=O) groups excluding carboxylic acids is 1. The molecule has 0 aromatic carbocycles. The van der Waals surface area contributed by atoms with Crippen LogP contribution >= 0.6 is 0 Å². The molecule has 0 saturated carbocycles. The second-order valence-electron chi connectivity index (χ2n) is 5.78. The monoisotopic (exact) mass is 305 g/mol. The van der Waals surface area contributed by atoms with Gasteiger partial charge in [0.2, 0.25) is 0 Å². The third-order valence-corrected chi connectivity index (χ3v) is 4.01. The number of ether oxygens (including phenoxy) is 2. The van der Waals surface area contributed by atoms with Crippen LogP contribution in [-0.2, 0) is 14.3 Å². The number of aliphatic hydroxyl groups is 3. The molecule has 1 rings (SSSR count). The molecule has 0 aliphatic carbocycles. The van der Waals surface area contributed by atoms with E-state index in [4.69, 9.17) is 20.3 Å². The molecule has 0 aromatic rings. The summed E-state index contributed by atoms with van der Waals surface area (Å²) in [6.07, 6.45) is -1.61. The van der Waals surface area contributed by atoms with Gasteiger partial charge in [-0.05, 0) is 20.3 Å². The molecule has 0 spiro atoms. The highest BCUT2D eigenvalue weighted by Gasteiger charge is 2.38. The molecule has 6 atom stereocenters. The highest BCUT2D eigenvalue weighted by atomic mass is 16.7. The lowest BCUT2D eigenvalue weighted by Gasteiger charge is -2.38. The summed E-state index contributed by atoms with van der Waals surface area (Å²) in [6, 6.07) is -0.435. The van der Waals surface area contributed by atoms with Crippen molar-refractivity contribution in [2.24, 2.45) is 5.73 Å². The van der Waals surface area contributed by atoms with Crippen molar-refractivity contribution in [3.8, 4) is 0 Å². The summed E-state index contributed by atoms with van der Waals surface area (Å²) in [7, 11) is 0. The maximum atomic E-state index is 11.6. The standard InChI is InChI=1S/C14H27NO6/c1-4-14(19,11(17)7-16)6-8(2)20-12-5-10(15)13(18)9(3)21-12/h8-10,12-13,16,18-19H,4-7,15H2,1-3H3/t8?,9?,10-,12-,13-,14+/m1/s1. The summed E-state index contributed by atoms with van der Waals surface area (Å²) in [6.45, 7) is 4.40. The lowest BCUT2D eigenvalue weighted by molar-refractivity contribution is -0.241. The molecule has 7 nitrogen and oxygen atoms in total. The van der Waals surface area contributed by atoms with E-state index in [1.165, 1.54) is 0 Å². The maximum absolute atomic E-state index is 11.6. The molecule has 5 N–H and O–H groups in total. The molecular weight excluding hydrogens is 278 g/mol. The van der Waals surface area contributed by atoms with Crippen LogP contribution in [0.3, 0.4) is 0 Å². The van der Waals surface area contributed by atoms with E-state index in [0.717, 1.165) is 0 Å². The first kappa shape index (κ1) is 18.5. The number of aliphatic hydroxyl groups excluding tert-OH is 2. The molecular formula is C14H27NO6. The minimum atomic E-state index is -1.60. The van der Waals surface area contributed by atoms with Crippen LogP contribution in [0.15, 0.2) is 0 Å². The number of Topliss-reactive ketones (excluding diaryl/α,β-unsaturated/α-hetero) is 1. The summed E-state index contributed by atoms with van der Waals surface area (Å²) in [4.78, 5) is 11.6. The molecule has 1 aliphatic heterocycles. The highest BCUT2D eigenvalue weighted by molar-refractivity contribution is 5.87. The van der Waals surface area contributed by atoms with Crippen molar-refractivity contribution in [2.45, 2.75) is 76.3 Å². The van der Waals surface area contributed by atoms with E-state index in [-0.39, 0.29) is 12.8 Å². The van der Waals surface area contributed by atoms with Crippen molar-refractivity contribution in [3.63, 3.8) is 0 Å². The Morgan fingerprint density at radius 2 is 2.19 bits per heavy atom. The van der Waals surface area contributed by atoms with Crippen molar-refractivity contribution in [3.05, 3.63) is 0 Å². The van der Waals surface area contributed by atoms with E-state index < -0.39 is 48.6 Å². The molecule has 2 unspecified atom stereocenters. The van der Waals surface area contributed by atoms with Gasteiger partial charge in [0.1, 0.15) is 12.2 Å². The predicted molar refractivity (Wildman–Crippen MR) is 75.4 cm³/mol. The molecule has 1 aliphatic rings. The van der Waals surface area contributed by atoms with Crippen LogP contribution in [0.5, 0.6) is 0 Å². The van der Waals surface area contributed by atoms with Crippen LogP contribution in [0.4, 0.5) is 0 Å². The summed E-state index contributed by atoms with van der Waals surface area (Å²) in [5, 5.41) is 28.9. The number of nitrogens with two attached hydrogens (primary N) is 1. The number of rotatable bonds is 7. The van der Waals surface area contributed by atoms with Crippen LogP contribution in [0, 0.1) is 0 Å². The maximum Gasteiger partial charge on any atom is 0.189 e. The Labute approximate surface area is 125 Å². The number of carbonyl (C=O) groups is 1. The highest BCUT2D eigenvalue weighted by Crippen LogP contribution is 2.25. The van der Waals surface area contributed by atoms with Crippen molar-refractivity contribution in [1.29, 1.82) is 0 Å². The lowest BCUT2D eigenvalue weighted by atomic mass is 9.89. The lowest BCUT2D eigenvalue weighted by Crippen LogP contribution is -2.52. The number of ketones is 1. The smallest absolute Gasteiger partial charge is 0.189 e. The van der Waals surface area contributed by atoms with Gasteiger partial charge in [-0.15, -0.1) is 0 Å². The minimum Gasteiger partial charge on any atom is -0.389 e. The van der Waals surface area contributed by atoms with Gasteiger partial charge in [0.25, 0.3) is 0 Å². The zero-order valence-corrected chi connectivity index (χ0v) is 12.9. The van der Waals surface area contributed by atoms with Crippen molar-refractivity contribution in [1.82, 2.24) is 0 Å². The van der Waals surface area contributed by atoms with E-state index in [9.17, 15) is 15.0 Å². The first-order valence-electron chi connectivity index (χ1n) is 7.34. The molecule has 124 valence electrons. The van der Waals surface area contributed by atoms with Crippen LogP contribution in [0.1, 0.15) is 40.0 Å². The Balaban J connectivity index is 2.57. The molecule has 0 aromatic heterocycles. The van der Waals surface area contributed by atoms with Crippen molar-refractivity contribution >= 4 is 5.78 Å². The molecule has 21 heavy (non-hydrogen) atoms. The van der Waals surface area contributed by atoms with E-state index in [2.05, 4.69) is 0 Å². The third-order valence-electron chi connectivity index (χ3n) is 4.01. The van der Waals surface area contributed by atoms with Gasteiger partial charge in [0.15, 0.2) is 12.1 Å². The fourth-order valence-corrected chi connectivity index (χ4v) is 2.56. The normalized spacial score (nSPS) is 34.2. The van der Waals surface area contributed by atoms with Crippen LogP contribution in [0.2, 0.25) is 0 Å².